The summed E-state index contributed by atoms with van der Waals surface area (Å²) in [5, 5.41) is 8.96. The van der Waals surface area contributed by atoms with E-state index in [0.29, 0.717) is 0 Å². The molecular formula is C14H11NS. The largest absolute Gasteiger partial charge is 0.192 e. The summed E-state index contributed by atoms with van der Waals surface area (Å²) in [6.45, 7) is 0. The van der Waals surface area contributed by atoms with Gasteiger partial charge in [-0.15, -0.1) is 11.8 Å². The first kappa shape index (κ1) is 10.8. The number of hydrogen-bond donors (Lipinski definition) is 0. The summed E-state index contributed by atoms with van der Waals surface area (Å²) in [5.74, 6) is 0.841. The van der Waals surface area contributed by atoms with Crippen molar-refractivity contribution in [3.63, 3.8) is 0 Å². The number of hydrogen-bond acceptors (Lipinski definition) is 2. The van der Waals surface area contributed by atoms with Crippen molar-refractivity contribution in [2.75, 3.05) is 0 Å². The van der Waals surface area contributed by atoms with Gasteiger partial charge in [0, 0.05) is 10.6 Å². The maximum atomic E-state index is 8.96. The SMILES string of the molecule is N#Cc1ccccc1CSc1ccccc1. The van der Waals surface area contributed by atoms with Crippen molar-refractivity contribution < 1.29 is 0 Å². The average Bonchev–Trinajstić information content (AvgIpc) is 2.38. The van der Waals surface area contributed by atoms with Crippen LogP contribution in [0.15, 0.2) is 59.5 Å². The molecule has 0 amide bonds. The van der Waals surface area contributed by atoms with Gasteiger partial charge in [-0.2, -0.15) is 5.26 Å². The Morgan fingerprint density at radius 3 is 2.38 bits per heavy atom. The Labute approximate surface area is 99.7 Å². The topological polar surface area (TPSA) is 23.8 Å². The van der Waals surface area contributed by atoms with Gasteiger partial charge < -0.3 is 0 Å². The zero-order valence-corrected chi connectivity index (χ0v) is 9.58. The van der Waals surface area contributed by atoms with Gasteiger partial charge in [0.1, 0.15) is 0 Å². The molecule has 16 heavy (non-hydrogen) atoms. The second-order valence-corrected chi connectivity index (χ2v) is 4.42. The van der Waals surface area contributed by atoms with Crippen LogP contribution in [0.1, 0.15) is 11.1 Å². The van der Waals surface area contributed by atoms with E-state index in [1.54, 1.807) is 11.8 Å². The van der Waals surface area contributed by atoms with Gasteiger partial charge in [-0.05, 0) is 23.8 Å². The molecule has 0 spiro atoms. The Kier molecular flexibility index (Phi) is 3.63. The summed E-state index contributed by atoms with van der Waals surface area (Å²) < 4.78 is 0. The van der Waals surface area contributed by atoms with Crippen LogP contribution in [0.5, 0.6) is 0 Å². The van der Waals surface area contributed by atoms with Crippen LogP contribution in [-0.4, -0.2) is 0 Å². The number of nitriles is 1. The van der Waals surface area contributed by atoms with E-state index in [4.69, 9.17) is 5.26 Å². The van der Waals surface area contributed by atoms with Crippen molar-refractivity contribution >= 4 is 11.8 Å². The molecule has 2 heteroatoms. The van der Waals surface area contributed by atoms with E-state index in [2.05, 4.69) is 18.2 Å². The highest BCUT2D eigenvalue weighted by Gasteiger charge is 2.01. The van der Waals surface area contributed by atoms with Crippen LogP contribution in [0.3, 0.4) is 0 Å². The Morgan fingerprint density at radius 1 is 0.938 bits per heavy atom. The van der Waals surface area contributed by atoms with Gasteiger partial charge in [-0.1, -0.05) is 36.4 Å². The number of nitrogens with zero attached hydrogens (tertiary/aromatic N) is 1. The zero-order chi connectivity index (χ0) is 11.2. The van der Waals surface area contributed by atoms with E-state index in [9.17, 15) is 0 Å². The molecule has 0 heterocycles. The smallest absolute Gasteiger partial charge is 0.0994 e. The first-order chi connectivity index (χ1) is 7.90. The lowest BCUT2D eigenvalue weighted by atomic mass is 10.1. The molecule has 2 aromatic carbocycles. The van der Waals surface area contributed by atoms with E-state index in [0.717, 1.165) is 16.9 Å². The highest BCUT2D eigenvalue weighted by molar-refractivity contribution is 7.98. The Balaban J connectivity index is 2.09. The fourth-order valence-electron chi connectivity index (χ4n) is 1.43. The lowest BCUT2D eigenvalue weighted by Crippen LogP contribution is -1.86. The fourth-order valence-corrected chi connectivity index (χ4v) is 2.36. The van der Waals surface area contributed by atoms with Crippen molar-refractivity contribution in [1.29, 1.82) is 5.26 Å². The van der Waals surface area contributed by atoms with E-state index in [1.165, 1.54) is 4.90 Å². The minimum atomic E-state index is 0.769. The molecule has 2 aromatic rings. The molecule has 0 saturated carbocycles. The third-order valence-electron chi connectivity index (χ3n) is 2.28. The molecule has 0 aliphatic heterocycles. The predicted octanol–water partition coefficient (Wildman–Crippen LogP) is 3.85. The van der Waals surface area contributed by atoms with Gasteiger partial charge in [-0.25, -0.2) is 0 Å². The highest BCUT2D eigenvalue weighted by Crippen LogP contribution is 2.23. The minimum Gasteiger partial charge on any atom is -0.192 e. The average molecular weight is 225 g/mol. The maximum Gasteiger partial charge on any atom is 0.0994 e. The van der Waals surface area contributed by atoms with Crippen LogP contribution < -0.4 is 0 Å². The Hall–Kier alpha value is -1.72. The molecule has 78 valence electrons. The van der Waals surface area contributed by atoms with Crippen LogP contribution >= 0.6 is 11.8 Å². The van der Waals surface area contributed by atoms with E-state index >= 15 is 0 Å². The third-order valence-corrected chi connectivity index (χ3v) is 3.34. The molecule has 0 atom stereocenters. The third kappa shape index (κ3) is 2.65. The van der Waals surface area contributed by atoms with Gasteiger partial charge in [0.05, 0.1) is 11.6 Å². The normalized spacial score (nSPS) is 9.69. The molecule has 0 unspecified atom stereocenters. The van der Waals surface area contributed by atoms with Gasteiger partial charge in [-0.3, -0.25) is 0 Å². The summed E-state index contributed by atoms with van der Waals surface area (Å²) in [6, 6.07) is 20.2. The summed E-state index contributed by atoms with van der Waals surface area (Å²) in [5.41, 5.74) is 1.87. The molecule has 0 fully saturated rings. The molecule has 0 saturated heterocycles. The van der Waals surface area contributed by atoms with Crippen molar-refractivity contribution in [1.82, 2.24) is 0 Å². The molecule has 0 aliphatic rings. The van der Waals surface area contributed by atoms with Crippen molar-refractivity contribution in [2.24, 2.45) is 0 Å². The number of thioether (sulfide) groups is 1. The van der Waals surface area contributed by atoms with Crippen LogP contribution in [0.4, 0.5) is 0 Å². The molecular weight excluding hydrogens is 214 g/mol. The van der Waals surface area contributed by atoms with E-state index in [-0.39, 0.29) is 0 Å². The van der Waals surface area contributed by atoms with Crippen molar-refractivity contribution in [2.45, 2.75) is 10.6 Å². The number of benzene rings is 2. The molecule has 0 aromatic heterocycles. The first-order valence-electron chi connectivity index (χ1n) is 5.06. The van der Waals surface area contributed by atoms with E-state index in [1.807, 2.05) is 42.5 Å². The second-order valence-electron chi connectivity index (χ2n) is 3.37. The lowest BCUT2D eigenvalue weighted by molar-refractivity contribution is 1.34. The van der Waals surface area contributed by atoms with Gasteiger partial charge >= 0.3 is 0 Å². The Morgan fingerprint density at radius 2 is 1.62 bits per heavy atom. The Bertz CT molecular complexity index is 500. The van der Waals surface area contributed by atoms with Gasteiger partial charge in [0.2, 0.25) is 0 Å². The monoisotopic (exact) mass is 225 g/mol. The first-order valence-corrected chi connectivity index (χ1v) is 6.04. The molecule has 0 aliphatic carbocycles. The summed E-state index contributed by atoms with van der Waals surface area (Å²) in [7, 11) is 0. The quantitative estimate of drug-likeness (QED) is 0.741. The standard InChI is InChI=1S/C14H11NS/c15-10-12-6-4-5-7-13(12)11-16-14-8-2-1-3-9-14/h1-9H,11H2. The molecule has 0 radical (unpaired) electrons. The van der Waals surface area contributed by atoms with Gasteiger partial charge in [0.15, 0.2) is 0 Å². The second kappa shape index (κ2) is 5.39. The molecule has 0 N–H and O–H groups in total. The van der Waals surface area contributed by atoms with Crippen molar-refractivity contribution in [3.8, 4) is 6.07 Å². The van der Waals surface area contributed by atoms with Gasteiger partial charge in [0.25, 0.3) is 0 Å². The minimum absolute atomic E-state index is 0.769. The maximum absolute atomic E-state index is 8.96. The fraction of sp³-hybridized carbons (Fsp3) is 0.0714. The summed E-state index contributed by atoms with van der Waals surface area (Å²) in [4.78, 5) is 1.23. The number of rotatable bonds is 3. The zero-order valence-electron chi connectivity index (χ0n) is 8.76. The highest BCUT2D eigenvalue weighted by atomic mass is 32.2. The molecule has 2 rings (SSSR count). The van der Waals surface area contributed by atoms with Crippen LogP contribution in [0, 0.1) is 11.3 Å². The lowest BCUT2D eigenvalue weighted by Gasteiger charge is -2.03. The summed E-state index contributed by atoms with van der Waals surface area (Å²) >= 11 is 1.75. The van der Waals surface area contributed by atoms with Crippen molar-refractivity contribution in [3.05, 3.63) is 65.7 Å². The predicted molar refractivity (Wildman–Crippen MR) is 67.2 cm³/mol. The molecule has 1 nitrogen and oxygen atoms in total. The van der Waals surface area contributed by atoms with Crippen LogP contribution in [0.25, 0.3) is 0 Å². The van der Waals surface area contributed by atoms with E-state index < -0.39 is 0 Å². The molecule has 0 bridgehead atoms. The van der Waals surface area contributed by atoms with Crippen LogP contribution in [-0.2, 0) is 5.75 Å². The summed E-state index contributed by atoms with van der Waals surface area (Å²) in [6.07, 6.45) is 0. The van der Waals surface area contributed by atoms with Crippen LogP contribution in [0.2, 0.25) is 0 Å².